The standard InChI is InChI=1S/C32H44Cl2N2O6/c1-4-5-14-41-15-8-13-35-29(37)16-24-19-32(31(39)40-3)21(2)42-27(22-9-6-7-10-22)18-28(32)36(30(24)38)20-23-11-12-25(33)17-26(23)34/h11-12,17-18,21-22,24,27H,4-10,13-16,19-20H2,1-3H3,(H,35,37)/t21-,24+,27-,32+/m1/s1. The van der Waals surface area contributed by atoms with Crippen LogP contribution in [-0.4, -0.2) is 61.8 Å². The number of nitrogens with zero attached hydrogens (tertiary/aromatic N) is 1. The summed E-state index contributed by atoms with van der Waals surface area (Å²) in [7, 11) is 1.35. The van der Waals surface area contributed by atoms with Gasteiger partial charge in [-0.15, -0.1) is 0 Å². The molecule has 2 amide bonds. The van der Waals surface area contributed by atoms with E-state index in [1.807, 2.05) is 13.0 Å². The first-order chi connectivity index (χ1) is 20.2. The molecule has 10 heteroatoms. The number of carbonyl (C=O) groups excluding carboxylic acids is 3. The highest BCUT2D eigenvalue weighted by atomic mass is 35.5. The molecule has 2 heterocycles. The van der Waals surface area contributed by atoms with Crippen molar-refractivity contribution in [3.05, 3.63) is 45.6 Å². The zero-order chi connectivity index (χ0) is 30.3. The summed E-state index contributed by atoms with van der Waals surface area (Å²) < 4.78 is 17.5. The molecule has 8 nitrogen and oxygen atoms in total. The maximum absolute atomic E-state index is 14.2. The first-order valence-corrected chi connectivity index (χ1v) is 16.0. The fraction of sp³-hybridized carbons (Fsp3) is 0.656. The molecule has 0 bridgehead atoms. The van der Waals surface area contributed by atoms with Gasteiger partial charge in [0.25, 0.3) is 0 Å². The highest BCUT2D eigenvalue weighted by Crippen LogP contribution is 2.52. The summed E-state index contributed by atoms with van der Waals surface area (Å²) in [6, 6.07) is 5.15. The molecule has 1 N–H and O–H groups in total. The average Bonchev–Trinajstić information content (AvgIpc) is 3.51. The van der Waals surface area contributed by atoms with Crippen molar-refractivity contribution in [2.75, 3.05) is 26.9 Å². The average molecular weight is 624 g/mol. The van der Waals surface area contributed by atoms with Crippen LogP contribution in [0.4, 0.5) is 0 Å². The highest BCUT2D eigenvalue weighted by Gasteiger charge is 2.60. The number of carbonyl (C=O) groups is 3. The van der Waals surface area contributed by atoms with Gasteiger partial charge in [0.15, 0.2) is 0 Å². The Hall–Kier alpha value is -2.13. The fourth-order valence-electron chi connectivity index (χ4n) is 6.58. The number of hydrogen-bond donors (Lipinski definition) is 1. The molecule has 232 valence electrons. The number of piperidine rings is 1. The lowest BCUT2D eigenvalue weighted by Gasteiger charge is -2.52. The van der Waals surface area contributed by atoms with E-state index in [1.54, 1.807) is 23.1 Å². The smallest absolute Gasteiger partial charge is 0.320 e. The van der Waals surface area contributed by atoms with Crippen molar-refractivity contribution in [1.29, 1.82) is 0 Å². The lowest BCUT2D eigenvalue weighted by molar-refractivity contribution is -0.178. The zero-order valence-electron chi connectivity index (χ0n) is 25.0. The quantitative estimate of drug-likeness (QED) is 0.212. The molecule has 1 saturated heterocycles. The molecule has 2 aliphatic heterocycles. The lowest BCUT2D eigenvalue weighted by atomic mass is 9.66. The summed E-state index contributed by atoms with van der Waals surface area (Å²) in [5, 5.41) is 3.83. The molecule has 4 atom stereocenters. The van der Waals surface area contributed by atoms with Crippen molar-refractivity contribution in [2.24, 2.45) is 17.3 Å². The molecule has 1 saturated carbocycles. The maximum Gasteiger partial charge on any atom is 0.320 e. The summed E-state index contributed by atoms with van der Waals surface area (Å²) in [6.07, 6.45) is 8.37. The number of amides is 2. The molecule has 1 aliphatic carbocycles. The molecular weight excluding hydrogens is 579 g/mol. The number of ether oxygens (including phenoxy) is 3. The number of likely N-dealkylation sites (tertiary alicyclic amines) is 1. The van der Waals surface area contributed by atoms with E-state index < -0.39 is 23.4 Å². The summed E-state index contributed by atoms with van der Waals surface area (Å²) in [5.41, 5.74) is 0.0371. The van der Waals surface area contributed by atoms with E-state index in [2.05, 4.69) is 12.2 Å². The minimum Gasteiger partial charge on any atom is -0.468 e. The van der Waals surface area contributed by atoms with Crippen LogP contribution in [0.1, 0.15) is 77.2 Å². The second kappa shape index (κ2) is 15.0. The van der Waals surface area contributed by atoms with Crippen molar-refractivity contribution < 1.29 is 28.6 Å². The van der Waals surface area contributed by atoms with E-state index in [9.17, 15) is 14.4 Å². The summed E-state index contributed by atoms with van der Waals surface area (Å²) in [5.74, 6) is -1.36. The van der Waals surface area contributed by atoms with E-state index in [0.717, 1.165) is 38.5 Å². The Morgan fingerprint density at radius 1 is 1.17 bits per heavy atom. The van der Waals surface area contributed by atoms with Crippen molar-refractivity contribution in [3.63, 3.8) is 0 Å². The van der Waals surface area contributed by atoms with Gasteiger partial charge in [-0.05, 0) is 68.7 Å². The molecule has 42 heavy (non-hydrogen) atoms. The van der Waals surface area contributed by atoms with Crippen LogP contribution in [-0.2, 0) is 35.1 Å². The Morgan fingerprint density at radius 3 is 2.60 bits per heavy atom. The number of fused-ring (bicyclic) bond motifs is 1. The van der Waals surface area contributed by atoms with Crippen LogP contribution in [0.25, 0.3) is 0 Å². The van der Waals surface area contributed by atoms with Crippen LogP contribution in [0.5, 0.6) is 0 Å². The minimum atomic E-state index is -1.24. The van der Waals surface area contributed by atoms with Crippen molar-refractivity contribution in [3.8, 4) is 0 Å². The highest BCUT2D eigenvalue weighted by molar-refractivity contribution is 6.35. The fourth-order valence-corrected chi connectivity index (χ4v) is 7.05. The third-order valence-electron chi connectivity index (χ3n) is 8.93. The van der Waals surface area contributed by atoms with Gasteiger partial charge in [-0.1, -0.05) is 55.5 Å². The van der Waals surface area contributed by atoms with E-state index in [-0.39, 0.29) is 37.3 Å². The van der Waals surface area contributed by atoms with Gasteiger partial charge < -0.3 is 24.4 Å². The van der Waals surface area contributed by atoms with E-state index in [4.69, 9.17) is 37.4 Å². The molecule has 0 unspecified atom stereocenters. The van der Waals surface area contributed by atoms with Crippen molar-refractivity contribution in [1.82, 2.24) is 10.2 Å². The van der Waals surface area contributed by atoms with Gasteiger partial charge in [0.1, 0.15) is 5.41 Å². The predicted molar refractivity (Wildman–Crippen MR) is 162 cm³/mol. The predicted octanol–water partition coefficient (Wildman–Crippen LogP) is 6.08. The molecule has 1 aromatic rings. The second-order valence-electron chi connectivity index (χ2n) is 11.7. The molecule has 0 spiro atoms. The number of hydrogen-bond acceptors (Lipinski definition) is 6. The van der Waals surface area contributed by atoms with Gasteiger partial charge in [0.05, 0.1) is 25.9 Å². The van der Waals surface area contributed by atoms with Gasteiger partial charge in [0.2, 0.25) is 11.8 Å². The molecule has 2 fully saturated rings. The van der Waals surface area contributed by atoms with E-state index in [0.29, 0.717) is 53.4 Å². The van der Waals surface area contributed by atoms with E-state index >= 15 is 0 Å². The molecule has 0 radical (unpaired) electrons. The summed E-state index contributed by atoms with van der Waals surface area (Å²) in [6.45, 7) is 5.85. The minimum absolute atomic E-state index is 0.0504. The van der Waals surface area contributed by atoms with Gasteiger partial charge in [-0.25, -0.2) is 0 Å². The van der Waals surface area contributed by atoms with Crippen LogP contribution >= 0.6 is 23.2 Å². The Labute approximate surface area is 259 Å². The van der Waals surface area contributed by atoms with Crippen LogP contribution < -0.4 is 5.32 Å². The van der Waals surface area contributed by atoms with Crippen LogP contribution in [0.3, 0.4) is 0 Å². The topological polar surface area (TPSA) is 94.2 Å². The Bertz CT molecular complexity index is 1150. The monoisotopic (exact) mass is 622 g/mol. The number of unbranched alkanes of at least 4 members (excludes halogenated alkanes) is 1. The number of nitrogens with one attached hydrogen (secondary N) is 1. The molecule has 1 aromatic carbocycles. The van der Waals surface area contributed by atoms with Gasteiger partial charge in [-0.2, -0.15) is 0 Å². The second-order valence-corrected chi connectivity index (χ2v) is 12.6. The first kappa shape index (κ1) is 32.8. The molecular formula is C32H44Cl2N2O6. The third kappa shape index (κ3) is 7.32. The largest absolute Gasteiger partial charge is 0.468 e. The number of halogens is 2. The molecule has 0 aromatic heterocycles. The third-order valence-corrected chi connectivity index (χ3v) is 9.52. The normalized spacial score (nSPS) is 26.1. The Kier molecular flexibility index (Phi) is 11.7. The number of methoxy groups -OCH3 is 1. The van der Waals surface area contributed by atoms with Crippen LogP contribution in [0.15, 0.2) is 30.0 Å². The SMILES string of the molecule is CCCCOCCCNC(=O)C[C@H]1C[C@@]2(C(=O)OC)C(=C[C@H](C3CCCC3)O[C@@H]2C)N(Cc2ccc(Cl)cc2Cl)C1=O. The van der Waals surface area contributed by atoms with Crippen molar-refractivity contribution >= 4 is 41.0 Å². The Balaban J connectivity index is 1.62. The summed E-state index contributed by atoms with van der Waals surface area (Å²) >= 11 is 12.7. The van der Waals surface area contributed by atoms with Gasteiger partial charge in [-0.3, -0.25) is 14.4 Å². The number of benzene rings is 1. The number of rotatable bonds is 13. The van der Waals surface area contributed by atoms with Crippen molar-refractivity contribution in [2.45, 2.75) is 90.4 Å². The van der Waals surface area contributed by atoms with Crippen LogP contribution in [0, 0.1) is 17.3 Å². The Morgan fingerprint density at radius 2 is 1.90 bits per heavy atom. The molecule has 3 aliphatic rings. The van der Waals surface area contributed by atoms with Gasteiger partial charge >= 0.3 is 5.97 Å². The lowest BCUT2D eigenvalue weighted by Crippen LogP contribution is -2.60. The maximum atomic E-state index is 14.2. The number of esters is 1. The van der Waals surface area contributed by atoms with Gasteiger partial charge in [0, 0.05) is 47.8 Å². The zero-order valence-corrected chi connectivity index (χ0v) is 26.5. The van der Waals surface area contributed by atoms with Crippen LogP contribution in [0.2, 0.25) is 10.0 Å². The summed E-state index contributed by atoms with van der Waals surface area (Å²) in [4.78, 5) is 42.5. The molecule has 4 rings (SSSR count). The van der Waals surface area contributed by atoms with E-state index in [1.165, 1.54) is 7.11 Å². The first-order valence-electron chi connectivity index (χ1n) is 15.3.